The van der Waals surface area contributed by atoms with E-state index in [4.69, 9.17) is 16.3 Å². The zero-order valence-electron chi connectivity index (χ0n) is 20.3. The maximum Gasteiger partial charge on any atom is 0.354 e. The van der Waals surface area contributed by atoms with Crippen LogP contribution in [0.15, 0.2) is 52.1 Å². The van der Waals surface area contributed by atoms with Gasteiger partial charge in [0, 0.05) is 17.3 Å². The molecule has 3 aromatic rings. The molecule has 2 aromatic carbocycles. The van der Waals surface area contributed by atoms with Crippen molar-refractivity contribution in [3.8, 4) is 5.75 Å². The van der Waals surface area contributed by atoms with Crippen LogP contribution < -0.4 is 21.4 Å². The highest BCUT2D eigenvalue weighted by atomic mass is 35.5. The molecule has 0 radical (unpaired) electrons. The fraction of sp³-hybridized carbons (Fsp3) is 0.360. The minimum absolute atomic E-state index is 0.0152. The van der Waals surface area contributed by atoms with Crippen molar-refractivity contribution < 1.29 is 14.6 Å². The molecular weight excluding hydrogens is 472 g/mol. The first-order chi connectivity index (χ1) is 16.4. The number of aromatic nitrogens is 3. The highest BCUT2D eigenvalue weighted by Gasteiger charge is 2.30. The van der Waals surface area contributed by atoms with E-state index >= 15 is 0 Å². The number of halogens is 1. The molecule has 0 aliphatic rings. The van der Waals surface area contributed by atoms with E-state index in [0.29, 0.717) is 10.7 Å². The minimum atomic E-state index is -1.35. The van der Waals surface area contributed by atoms with Crippen molar-refractivity contribution in [2.45, 2.75) is 53.8 Å². The van der Waals surface area contributed by atoms with Crippen LogP contribution >= 0.6 is 11.6 Å². The highest BCUT2D eigenvalue weighted by Crippen LogP contribution is 2.25. The first-order valence-corrected chi connectivity index (χ1v) is 11.5. The third-order valence-electron chi connectivity index (χ3n) is 5.33. The highest BCUT2D eigenvalue weighted by molar-refractivity contribution is 6.30. The van der Waals surface area contributed by atoms with Gasteiger partial charge in [-0.1, -0.05) is 23.7 Å². The van der Waals surface area contributed by atoms with Gasteiger partial charge >= 0.3 is 17.3 Å². The molecule has 0 unspecified atom stereocenters. The smallest absolute Gasteiger partial charge is 0.354 e. The lowest BCUT2D eigenvalue weighted by Gasteiger charge is -2.21. The molecule has 1 heterocycles. The third kappa shape index (κ3) is 6.30. The predicted octanol–water partition coefficient (Wildman–Crippen LogP) is 4.06. The van der Waals surface area contributed by atoms with Crippen LogP contribution in [0, 0.1) is 12.3 Å². The fourth-order valence-corrected chi connectivity index (χ4v) is 3.51. The molecule has 0 aliphatic heterocycles. The van der Waals surface area contributed by atoms with Gasteiger partial charge in [0.15, 0.2) is 0 Å². The molecule has 0 amide bonds. The van der Waals surface area contributed by atoms with Crippen molar-refractivity contribution in [3.05, 3.63) is 79.6 Å². The summed E-state index contributed by atoms with van der Waals surface area (Å²) in [6, 6.07) is 12.3. The quantitative estimate of drug-likeness (QED) is 0.455. The lowest BCUT2D eigenvalue weighted by Crippen LogP contribution is -2.46. The summed E-state index contributed by atoms with van der Waals surface area (Å²) in [6.07, 6.45) is 0.0152. The first kappa shape index (κ1) is 26.0. The van der Waals surface area contributed by atoms with Gasteiger partial charge in [0.05, 0.1) is 18.1 Å². The number of carbonyl (C=O) groups is 1. The second kappa shape index (κ2) is 10.4. The van der Waals surface area contributed by atoms with Gasteiger partial charge in [-0.15, -0.1) is 0 Å². The van der Waals surface area contributed by atoms with Crippen LogP contribution in [0.3, 0.4) is 0 Å². The van der Waals surface area contributed by atoms with Crippen molar-refractivity contribution >= 4 is 29.2 Å². The molecule has 1 aromatic heterocycles. The molecule has 0 spiro atoms. The Morgan fingerprint density at radius 3 is 2.37 bits per heavy atom. The van der Waals surface area contributed by atoms with Gasteiger partial charge in [-0.2, -0.15) is 4.98 Å². The van der Waals surface area contributed by atoms with Crippen molar-refractivity contribution in [1.29, 1.82) is 0 Å². The topological polar surface area (TPSA) is 115 Å². The molecule has 10 heteroatoms. The number of anilines is 2. The Kier molecular flexibility index (Phi) is 7.70. The molecule has 0 fully saturated rings. The molecule has 35 heavy (non-hydrogen) atoms. The van der Waals surface area contributed by atoms with Gasteiger partial charge in [0.2, 0.25) is 5.95 Å². The Labute approximate surface area is 208 Å². The molecule has 186 valence electrons. The average Bonchev–Trinajstić information content (AvgIpc) is 2.77. The normalized spacial score (nSPS) is 11.5. The number of carboxylic acid groups (broad SMARTS) is 1. The summed E-state index contributed by atoms with van der Waals surface area (Å²) in [5, 5.41) is 13.1. The number of hydrogen-bond donors (Lipinski definition) is 2. The number of carboxylic acids is 1. The molecule has 2 N–H and O–H groups in total. The maximum atomic E-state index is 13.4. The zero-order valence-corrected chi connectivity index (χ0v) is 21.1. The summed E-state index contributed by atoms with van der Waals surface area (Å²) in [7, 11) is 0. The number of aliphatic carboxylic acids is 1. The van der Waals surface area contributed by atoms with Crippen LogP contribution in [0.2, 0.25) is 5.02 Å². The van der Waals surface area contributed by atoms with E-state index in [1.54, 1.807) is 36.4 Å². The number of rotatable bonds is 9. The van der Waals surface area contributed by atoms with Gasteiger partial charge < -0.3 is 15.2 Å². The molecule has 9 nitrogen and oxygen atoms in total. The first-order valence-electron chi connectivity index (χ1n) is 11.1. The number of aryl methyl sites for hydroxylation is 1. The van der Waals surface area contributed by atoms with E-state index in [0.717, 1.165) is 21.4 Å². The largest absolute Gasteiger partial charge is 0.491 e. The number of hydrogen-bond acceptors (Lipinski definition) is 6. The van der Waals surface area contributed by atoms with Crippen molar-refractivity contribution in [2.24, 2.45) is 5.41 Å². The van der Waals surface area contributed by atoms with Gasteiger partial charge in [-0.05, 0) is 76.1 Å². The van der Waals surface area contributed by atoms with Crippen molar-refractivity contribution in [1.82, 2.24) is 14.1 Å². The van der Waals surface area contributed by atoms with Crippen LogP contribution in [0.25, 0.3) is 0 Å². The molecule has 3 rings (SSSR count). The van der Waals surface area contributed by atoms with E-state index in [9.17, 15) is 19.5 Å². The van der Waals surface area contributed by atoms with Crippen LogP contribution in [-0.2, 0) is 17.9 Å². The average molecular weight is 501 g/mol. The van der Waals surface area contributed by atoms with Crippen molar-refractivity contribution in [2.75, 3.05) is 5.32 Å². The number of ether oxygens (including phenoxy) is 1. The lowest BCUT2D eigenvalue weighted by molar-refractivity contribution is -0.147. The Balaban J connectivity index is 2.08. The lowest BCUT2D eigenvalue weighted by atomic mass is 9.94. The maximum absolute atomic E-state index is 13.4. The van der Waals surface area contributed by atoms with Gasteiger partial charge in [-0.3, -0.25) is 9.36 Å². The Morgan fingerprint density at radius 1 is 1.14 bits per heavy atom. The molecular formula is C25H29ClN4O5. The van der Waals surface area contributed by atoms with Gasteiger partial charge in [0.25, 0.3) is 0 Å². The summed E-state index contributed by atoms with van der Waals surface area (Å²) in [5.41, 5.74) is -0.629. The van der Waals surface area contributed by atoms with E-state index in [2.05, 4.69) is 10.3 Å². The van der Waals surface area contributed by atoms with E-state index in [1.165, 1.54) is 18.4 Å². The van der Waals surface area contributed by atoms with E-state index < -0.39 is 22.8 Å². The van der Waals surface area contributed by atoms with Crippen LogP contribution in [0.4, 0.5) is 11.6 Å². The standard InChI is InChI=1S/C25H29ClN4O5/c1-15(2)35-20-11-10-19(12-16(20)3)27-22-28-23(33)30(14-25(4,5)21(31)32)24(34)29(22)13-17-6-8-18(26)9-7-17/h6-12,15H,13-14H2,1-5H3,(H,31,32)(H,27,28,33). The van der Waals surface area contributed by atoms with Crippen molar-refractivity contribution in [3.63, 3.8) is 0 Å². The Hall–Kier alpha value is -3.59. The third-order valence-corrected chi connectivity index (χ3v) is 5.58. The van der Waals surface area contributed by atoms with Crippen LogP contribution in [-0.4, -0.2) is 31.3 Å². The SMILES string of the molecule is Cc1cc(Nc2nc(=O)n(CC(C)(C)C(=O)O)c(=O)n2Cc2ccc(Cl)cc2)ccc1OC(C)C. The Bertz CT molecular complexity index is 1340. The summed E-state index contributed by atoms with van der Waals surface area (Å²) in [4.78, 5) is 41.9. The van der Waals surface area contributed by atoms with Crippen LogP contribution in [0.1, 0.15) is 38.8 Å². The second-order valence-electron chi connectivity index (χ2n) is 9.26. The molecule has 0 bridgehead atoms. The Morgan fingerprint density at radius 2 is 1.80 bits per heavy atom. The summed E-state index contributed by atoms with van der Waals surface area (Å²) in [6.45, 7) is 8.42. The number of nitrogens with zero attached hydrogens (tertiary/aromatic N) is 3. The monoisotopic (exact) mass is 500 g/mol. The number of benzene rings is 2. The summed E-state index contributed by atoms with van der Waals surface area (Å²) in [5.74, 6) is -0.367. The van der Waals surface area contributed by atoms with Gasteiger partial charge in [-0.25, -0.2) is 14.2 Å². The minimum Gasteiger partial charge on any atom is -0.491 e. The summed E-state index contributed by atoms with van der Waals surface area (Å²) >= 11 is 5.99. The fourth-order valence-electron chi connectivity index (χ4n) is 3.38. The zero-order chi connectivity index (χ0) is 25.9. The number of nitrogens with one attached hydrogen (secondary N) is 1. The second-order valence-corrected chi connectivity index (χ2v) is 9.70. The molecule has 0 saturated carbocycles. The summed E-state index contributed by atoms with van der Waals surface area (Å²) < 4.78 is 7.92. The molecule has 0 aliphatic carbocycles. The molecule has 0 atom stereocenters. The molecule has 0 saturated heterocycles. The van der Waals surface area contributed by atoms with Gasteiger partial charge in [0.1, 0.15) is 5.75 Å². The predicted molar refractivity (Wildman–Crippen MR) is 135 cm³/mol. The van der Waals surface area contributed by atoms with E-state index in [-0.39, 0.29) is 25.1 Å². The van der Waals surface area contributed by atoms with Crippen LogP contribution in [0.5, 0.6) is 5.75 Å². The van der Waals surface area contributed by atoms with E-state index in [1.807, 2.05) is 26.8 Å².